The summed E-state index contributed by atoms with van der Waals surface area (Å²) in [7, 11) is 0. The summed E-state index contributed by atoms with van der Waals surface area (Å²) in [5.41, 5.74) is 0. The Bertz CT molecular complexity index is 33.0. The Balaban J connectivity index is 0. The molecule has 0 saturated heterocycles. The van der Waals surface area contributed by atoms with Crippen molar-refractivity contribution in [2.75, 3.05) is 0 Å². The third-order valence-electron chi connectivity index (χ3n) is 0. The molecule has 0 aromatic rings. The van der Waals surface area contributed by atoms with Gasteiger partial charge in [-0.3, -0.25) is 0 Å². The van der Waals surface area contributed by atoms with Crippen LogP contribution in [0.1, 0.15) is 0 Å². The summed E-state index contributed by atoms with van der Waals surface area (Å²) in [6, 6.07) is 0. The number of hydrogen-bond acceptors (Lipinski definition) is 0. The average Bonchev–Trinajstić information content (AvgIpc) is 0. The van der Waals surface area contributed by atoms with E-state index in [1.807, 2.05) is 0 Å². The molecule has 0 bridgehead atoms. The molecule has 0 rings (SSSR count). The molecule has 0 atom stereocenters. The molecule has 0 aliphatic carbocycles. The van der Waals surface area contributed by atoms with Crippen LogP contribution < -0.4 is 0 Å². The Kier molecular flexibility index (Phi) is 6640. The summed E-state index contributed by atoms with van der Waals surface area (Å²) in [6.07, 6.45) is 0. The van der Waals surface area contributed by atoms with Gasteiger partial charge in [0.15, 0.2) is 0 Å². The van der Waals surface area contributed by atoms with E-state index in [0.29, 0.717) is 0 Å². The monoisotopic (exact) mass is 694 g/mol. The van der Waals surface area contributed by atoms with Crippen LogP contribution in [0.3, 0.4) is 0 Å². The van der Waals surface area contributed by atoms with E-state index in [9.17, 15) is 0 Å². The van der Waals surface area contributed by atoms with Crippen LogP contribution in [-0.4, -0.2) is 21.9 Å². The van der Waals surface area contributed by atoms with Gasteiger partial charge in [-0.15, -0.1) is 0 Å². The van der Waals surface area contributed by atoms with Gasteiger partial charge in [0, 0.05) is 0 Å². The smallest absolute Gasteiger partial charge is 2.00 e. The molecule has 0 N–H and O–H groups in total. The van der Waals surface area contributed by atoms with Gasteiger partial charge < -0.3 is 49.3 Å². The molecule has 17 heavy (non-hydrogen) atoms. The zero-order chi connectivity index (χ0) is 0. The predicted molar refractivity (Wildman–Crippen MR) is 28.8 cm³/mol. The summed E-state index contributed by atoms with van der Waals surface area (Å²) in [5, 5.41) is 0. The van der Waals surface area contributed by atoms with Crippen molar-refractivity contribution in [1.29, 1.82) is 0 Å². The Labute approximate surface area is 227 Å². The molecule has 0 aliphatic rings. The van der Waals surface area contributed by atoms with E-state index < -0.39 is 0 Å². The largest absolute Gasteiger partial charge is 4.00 e. The van der Waals surface area contributed by atoms with Crippen molar-refractivity contribution in [3.63, 3.8) is 0 Å². The quantitative estimate of drug-likeness (QED) is 0.220. The topological polar surface area (TPSA) is 256 Å². The van der Waals surface area contributed by atoms with Crippen LogP contribution in [0, 0.1) is 83.5 Å². The maximum atomic E-state index is 0. The first kappa shape index (κ1) is 361. The second-order valence-electron chi connectivity index (χ2n) is 0. The van der Waals surface area contributed by atoms with Gasteiger partial charge in [0.1, 0.15) is 0 Å². The average molecular weight is 694 g/mol. The molecule has 100 valence electrons. The van der Waals surface area contributed by atoms with Crippen molar-refractivity contribution in [2.24, 2.45) is 0 Å². The minimum atomic E-state index is 0. The van der Waals surface area contributed by atoms with Gasteiger partial charge in [0.05, 0.1) is 0 Å². The molecular weight excluding hydrogens is 686 g/mol. The molecule has 0 fully saturated rings. The van der Waals surface area contributed by atoms with Crippen LogP contribution >= 0.6 is 0 Å². The normalized spacial score (nSPS) is 0. The maximum absolute atomic E-state index is 0. The second kappa shape index (κ2) is 313. The van der Waals surface area contributed by atoms with Crippen molar-refractivity contribution in [2.45, 2.75) is 0 Å². The van der Waals surface area contributed by atoms with Gasteiger partial charge in [-0.1, -0.05) is 0 Å². The van der Waals surface area contributed by atoms with Crippen LogP contribution in [-0.2, 0) is 127 Å². The molecule has 9 nitrogen and oxygen atoms in total. The van der Waals surface area contributed by atoms with E-state index in [2.05, 4.69) is 0 Å². The fourth-order valence-electron chi connectivity index (χ4n) is 0. The van der Waals surface area contributed by atoms with Crippen molar-refractivity contribution >= 4 is 21.9 Å². The first-order valence-electron chi connectivity index (χ1n) is 0. The molecule has 0 spiro atoms. The van der Waals surface area contributed by atoms with Gasteiger partial charge in [-0.25, -0.2) is 0 Å². The van der Waals surface area contributed by atoms with Gasteiger partial charge in [-0.05, 0) is 21.9 Å². The van der Waals surface area contributed by atoms with Crippen LogP contribution in [0.15, 0.2) is 0 Å². The molecular formula is H8Ce2Mn2O9Si2Ti2. The van der Waals surface area contributed by atoms with Crippen molar-refractivity contribution in [1.82, 2.24) is 0 Å². The Morgan fingerprint density at radius 3 is 0.294 bits per heavy atom. The fourth-order valence-corrected chi connectivity index (χ4v) is 0. The predicted octanol–water partition coefficient (Wildman–Crippen LogP) is -3.98. The molecule has 0 aromatic heterocycles. The summed E-state index contributed by atoms with van der Waals surface area (Å²) in [5.74, 6) is 0. The summed E-state index contributed by atoms with van der Waals surface area (Å²) in [6.45, 7) is 0. The SMILES string of the molecule is [Ce+3].[Ce+3].[Mn+2].[Mn+2].[O-2].[O-2].[O-2].[O-2].[O-2].[O-2].[O-2].[O-2].[O-2].[SiH4].[SiH4].[Ti+4].[Ti+4]. The van der Waals surface area contributed by atoms with E-state index in [1.54, 1.807) is 0 Å². The Hall–Kier alpha value is 5.29. The van der Waals surface area contributed by atoms with E-state index >= 15 is 0 Å². The molecule has 0 heterocycles. The van der Waals surface area contributed by atoms with Crippen LogP contribution in [0.25, 0.3) is 0 Å². The fraction of sp³-hybridized carbons (Fsp3) is 0. The first-order valence-corrected chi connectivity index (χ1v) is 0. The van der Waals surface area contributed by atoms with Crippen LogP contribution in [0.5, 0.6) is 0 Å². The third kappa shape index (κ3) is 283. The molecule has 0 amide bonds. The van der Waals surface area contributed by atoms with E-state index in [4.69, 9.17) is 0 Å². The standard InChI is InChI=1S/2Ce.2Mn.9O.2H4Si.2Ti/h;;;;;;;;;;;;;2*1H4;;/q2*+3;2*+2;9*-2;;;2*+4. The van der Waals surface area contributed by atoms with Crippen LogP contribution in [0.4, 0.5) is 0 Å². The zero-order valence-electron chi connectivity index (χ0n) is 6.43. The molecule has 17 heteroatoms. The van der Waals surface area contributed by atoms with Gasteiger partial charge >= 0.3 is 161 Å². The minimum absolute atomic E-state index is 0. The van der Waals surface area contributed by atoms with E-state index in [0.717, 1.165) is 0 Å². The summed E-state index contributed by atoms with van der Waals surface area (Å²) in [4.78, 5) is 0. The minimum Gasteiger partial charge on any atom is -2.00 e. The Morgan fingerprint density at radius 2 is 0.294 bits per heavy atom. The van der Waals surface area contributed by atoms with Gasteiger partial charge in [-0.2, -0.15) is 0 Å². The Morgan fingerprint density at radius 1 is 0.294 bits per heavy atom. The molecule has 4 radical (unpaired) electrons. The summed E-state index contributed by atoms with van der Waals surface area (Å²) < 4.78 is 0. The van der Waals surface area contributed by atoms with Gasteiger partial charge in [0.2, 0.25) is 0 Å². The van der Waals surface area contributed by atoms with E-state index in [-0.39, 0.29) is 232 Å². The second-order valence-corrected chi connectivity index (χ2v) is 0. The molecule has 0 saturated carbocycles. The maximum Gasteiger partial charge on any atom is 4.00 e. The van der Waals surface area contributed by atoms with Crippen molar-refractivity contribution in [3.8, 4) is 0 Å². The molecule has 0 unspecified atom stereocenters. The van der Waals surface area contributed by atoms with Gasteiger partial charge in [0.25, 0.3) is 0 Å². The first-order chi connectivity index (χ1) is 0. The number of rotatable bonds is 0. The molecule has 0 aliphatic heterocycles. The number of hydrogen-bond donors (Lipinski definition) is 0. The molecule has 0 aromatic carbocycles. The van der Waals surface area contributed by atoms with Crippen molar-refractivity contribution < 1.29 is 210 Å². The zero-order valence-corrected chi connectivity index (χ0v) is 18.2. The van der Waals surface area contributed by atoms with Crippen molar-refractivity contribution in [3.05, 3.63) is 0 Å². The third-order valence-corrected chi connectivity index (χ3v) is 0. The summed E-state index contributed by atoms with van der Waals surface area (Å²) >= 11 is 0. The van der Waals surface area contributed by atoms with Crippen LogP contribution in [0.2, 0.25) is 0 Å². The van der Waals surface area contributed by atoms with E-state index in [1.165, 1.54) is 0 Å².